The molecular formula is C13H21ClN2O. The molecule has 1 aromatic carbocycles. The third kappa shape index (κ3) is 4.02. The molecule has 96 valence electrons. The van der Waals surface area contributed by atoms with Crippen LogP contribution in [0.1, 0.15) is 25.0 Å². The SMILES string of the molecule is Cc1cccc(C)c1NC(=O)C(C)C(C)N.Cl. The number of benzene rings is 1. The van der Waals surface area contributed by atoms with Crippen LogP contribution in [0.5, 0.6) is 0 Å². The smallest absolute Gasteiger partial charge is 0.228 e. The summed E-state index contributed by atoms with van der Waals surface area (Å²) >= 11 is 0. The molecule has 0 saturated carbocycles. The fraction of sp³-hybridized carbons (Fsp3) is 0.462. The molecule has 3 N–H and O–H groups in total. The van der Waals surface area contributed by atoms with E-state index in [1.165, 1.54) is 0 Å². The average molecular weight is 257 g/mol. The lowest BCUT2D eigenvalue weighted by Crippen LogP contribution is -2.34. The molecule has 1 rings (SSSR count). The zero-order chi connectivity index (χ0) is 12.3. The number of carbonyl (C=O) groups excluding carboxylic acids is 1. The molecule has 0 radical (unpaired) electrons. The lowest BCUT2D eigenvalue weighted by molar-refractivity contribution is -0.119. The summed E-state index contributed by atoms with van der Waals surface area (Å²) in [5, 5.41) is 2.94. The number of halogens is 1. The van der Waals surface area contributed by atoms with Gasteiger partial charge in [0.25, 0.3) is 0 Å². The first kappa shape index (κ1) is 15.9. The normalized spacial score (nSPS) is 13.5. The summed E-state index contributed by atoms with van der Waals surface area (Å²) in [4.78, 5) is 11.9. The van der Waals surface area contributed by atoms with Crippen molar-refractivity contribution in [1.29, 1.82) is 0 Å². The maximum Gasteiger partial charge on any atom is 0.228 e. The quantitative estimate of drug-likeness (QED) is 0.874. The van der Waals surface area contributed by atoms with E-state index in [0.717, 1.165) is 16.8 Å². The van der Waals surface area contributed by atoms with Crippen molar-refractivity contribution in [3.05, 3.63) is 29.3 Å². The Hall–Kier alpha value is -1.06. The largest absolute Gasteiger partial charge is 0.327 e. The molecule has 0 saturated heterocycles. The Morgan fingerprint density at radius 1 is 1.24 bits per heavy atom. The van der Waals surface area contributed by atoms with Crippen molar-refractivity contribution in [2.75, 3.05) is 5.32 Å². The van der Waals surface area contributed by atoms with Crippen LogP contribution in [-0.2, 0) is 4.79 Å². The van der Waals surface area contributed by atoms with Crippen LogP contribution in [0.15, 0.2) is 18.2 Å². The maximum atomic E-state index is 11.9. The minimum atomic E-state index is -0.181. The Morgan fingerprint density at radius 2 is 1.71 bits per heavy atom. The topological polar surface area (TPSA) is 55.1 Å². The zero-order valence-electron chi connectivity index (χ0n) is 10.8. The Balaban J connectivity index is 0.00000256. The first-order chi connectivity index (χ1) is 7.43. The van der Waals surface area contributed by atoms with Crippen molar-refractivity contribution in [2.24, 2.45) is 11.7 Å². The molecule has 4 heteroatoms. The molecule has 0 aromatic heterocycles. The fourth-order valence-corrected chi connectivity index (χ4v) is 1.49. The van der Waals surface area contributed by atoms with E-state index < -0.39 is 0 Å². The minimum Gasteiger partial charge on any atom is -0.327 e. The third-order valence-corrected chi connectivity index (χ3v) is 2.93. The van der Waals surface area contributed by atoms with Crippen LogP contribution < -0.4 is 11.1 Å². The van der Waals surface area contributed by atoms with Crippen molar-refractivity contribution >= 4 is 24.0 Å². The highest BCUT2D eigenvalue weighted by atomic mass is 35.5. The minimum absolute atomic E-state index is 0. The number of rotatable bonds is 3. The summed E-state index contributed by atoms with van der Waals surface area (Å²) in [6.07, 6.45) is 0. The van der Waals surface area contributed by atoms with Crippen LogP contribution in [0.25, 0.3) is 0 Å². The monoisotopic (exact) mass is 256 g/mol. The highest BCUT2D eigenvalue weighted by Crippen LogP contribution is 2.20. The molecule has 0 heterocycles. The van der Waals surface area contributed by atoms with Crippen molar-refractivity contribution in [2.45, 2.75) is 33.7 Å². The maximum absolute atomic E-state index is 11.9. The van der Waals surface area contributed by atoms with Crippen LogP contribution in [0.4, 0.5) is 5.69 Å². The van der Waals surface area contributed by atoms with E-state index in [9.17, 15) is 4.79 Å². The van der Waals surface area contributed by atoms with E-state index in [0.29, 0.717) is 0 Å². The van der Waals surface area contributed by atoms with Crippen molar-refractivity contribution in [3.8, 4) is 0 Å². The van der Waals surface area contributed by atoms with Crippen LogP contribution in [-0.4, -0.2) is 11.9 Å². The second kappa shape index (κ2) is 6.62. The van der Waals surface area contributed by atoms with Crippen molar-refractivity contribution < 1.29 is 4.79 Å². The first-order valence-electron chi connectivity index (χ1n) is 5.56. The highest BCUT2D eigenvalue weighted by Gasteiger charge is 2.18. The third-order valence-electron chi connectivity index (χ3n) is 2.93. The second-order valence-electron chi connectivity index (χ2n) is 4.40. The van der Waals surface area contributed by atoms with E-state index in [1.807, 2.05) is 45.9 Å². The van der Waals surface area contributed by atoms with Gasteiger partial charge in [-0.25, -0.2) is 0 Å². The van der Waals surface area contributed by atoms with E-state index in [2.05, 4.69) is 5.32 Å². The van der Waals surface area contributed by atoms with Crippen molar-refractivity contribution in [1.82, 2.24) is 0 Å². The second-order valence-corrected chi connectivity index (χ2v) is 4.40. The average Bonchev–Trinajstić information content (AvgIpc) is 2.22. The molecule has 2 atom stereocenters. The number of aryl methyl sites for hydroxylation is 2. The number of nitrogens with one attached hydrogen (secondary N) is 1. The summed E-state index contributed by atoms with van der Waals surface area (Å²) in [5.41, 5.74) is 8.76. The van der Waals surface area contributed by atoms with Crippen LogP contribution in [0.3, 0.4) is 0 Å². The number of para-hydroxylation sites is 1. The van der Waals surface area contributed by atoms with Gasteiger partial charge in [0.2, 0.25) is 5.91 Å². The number of amides is 1. The Kier molecular flexibility index (Phi) is 6.21. The van der Waals surface area contributed by atoms with Gasteiger partial charge in [0.05, 0.1) is 5.92 Å². The van der Waals surface area contributed by atoms with Gasteiger partial charge in [-0.05, 0) is 31.9 Å². The van der Waals surface area contributed by atoms with Crippen LogP contribution >= 0.6 is 12.4 Å². The van der Waals surface area contributed by atoms with E-state index in [4.69, 9.17) is 5.73 Å². The number of anilines is 1. The summed E-state index contributed by atoms with van der Waals surface area (Å²) < 4.78 is 0. The lowest BCUT2D eigenvalue weighted by Gasteiger charge is -2.17. The Bertz CT molecular complexity index is 371. The van der Waals surface area contributed by atoms with Gasteiger partial charge in [-0.3, -0.25) is 4.79 Å². The zero-order valence-corrected chi connectivity index (χ0v) is 11.6. The molecule has 0 bridgehead atoms. The number of carbonyl (C=O) groups is 1. The molecule has 1 aromatic rings. The summed E-state index contributed by atoms with van der Waals surface area (Å²) in [6, 6.07) is 5.82. The van der Waals surface area contributed by atoms with Crippen LogP contribution in [0.2, 0.25) is 0 Å². The van der Waals surface area contributed by atoms with Gasteiger partial charge in [-0.15, -0.1) is 12.4 Å². The predicted octanol–water partition coefficient (Wildman–Crippen LogP) is 2.65. The van der Waals surface area contributed by atoms with Gasteiger partial charge in [-0.2, -0.15) is 0 Å². The van der Waals surface area contributed by atoms with E-state index in [-0.39, 0.29) is 30.3 Å². The predicted molar refractivity (Wildman–Crippen MR) is 74.6 cm³/mol. The van der Waals surface area contributed by atoms with Gasteiger partial charge in [0.15, 0.2) is 0 Å². The van der Waals surface area contributed by atoms with E-state index in [1.54, 1.807) is 0 Å². The lowest BCUT2D eigenvalue weighted by atomic mass is 10.0. The fourth-order valence-electron chi connectivity index (χ4n) is 1.49. The molecule has 1 amide bonds. The first-order valence-corrected chi connectivity index (χ1v) is 5.56. The van der Waals surface area contributed by atoms with E-state index >= 15 is 0 Å². The summed E-state index contributed by atoms with van der Waals surface area (Å²) in [7, 11) is 0. The summed E-state index contributed by atoms with van der Waals surface area (Å²) in [6.45, 7) is 7.65. The number of hydrogen-bond donors (Lipinski definition) is 2. The molecule has 0 spiro atoms. The van der Waals surface area contributed by atoms with Gasteiger partial charge >= 0.3 is 0 Å². The molecule has 0 aliphatic rings. The Morgan fingerprint density at radius 3 is 2.12 bits per heavy atom. The number of nitrogens with two attached hydrogens (primary N) is 1. The molecule has 0 aliphatic heterocycles. The molecule has 17 heavy (non-hydrogen) atoms. The molecule has 0 aliphatic carbocycles. The molecule has 0 fully saturated rings. The summed E-state index contributed by atoms with van der Waals surface area (Å²) in [5.74, 6) is -0.202. The van der Waals surface area contributed by atoms with Crippen molar-refractivity contribution in [3.63, 3.8) is 0 Å². The van der Waals surface area contributed by atoms with Gasteiger partial charge in [0.1, 0.15) is 0 Å². The molecule has 3 nitrogen and oxygen atoms in total. The van der Waals surface area contributed by atoms with Gasteiger partial charge < -0.3 is 11.1 Å². The van der Waals surface area contributed by atoms with Gasteiger partial charge in [0, 0.05) is 11.7 Å². The highest BCUT2D eigenvalue weighted by molar-refractivity contribution is 5.94. The standard InChI is InChI=1S/C13H20N2O.ClH/c1-8-6-5-7-9(2)12(8)15-13(16)10(3)11(4)14;/h5-7,10-11H,14H2,1-4H3,(H,15,16);1H. The Labute approximate surface area is 109 Å². The van der Waals surface area contributed by atoms with Crippen LogP contribution in [0, 0.1) is 19.8 Å². The molecule has 2 unspecified atom stereocenters. The van der Waals surface area contributed by atoms with Gasteiger partial charge in [-0.1, -0.05) is 25.1 Å². The number of hydrogen-bond acceptors (Lipinski definition) is 2. The molecular weight excluding hydrogens is 236 g/mol.